The van der Waals surface area contributed by atoms with Crippen LogP contribution in [0.5, 0.6) is 5.75 Å². The molecule has 170 valence electrons. The highest BCUT2D eigenvalue weighted by Crippen LogP contribution is 2.25. The second-order valence-electron chi connectivity index (χ2n) is 7.73. The minimum atomic E-state index is -0.419. The van der Waals surface area contributed by atoms with Gasteiger partial charge in [-0.25, -0.2) is 9.67 Å². The molecule has 4 rings (SSSR count). The second kappa shape index (κ2) is 9.15. The van der Waals surface area contributed by atoms with Crippen LogP contribution in [0.3, 0.4) is 0 Å². The first-order chi connectivity index (χ1) is 15.9. The summed E-state index contributed by atoms with van der Waals surface area (Å²) in [4.78, 5) is 17.3. The largest absolute Gasteiger partial charge is 0.494 e. The topological polar surface area (TPSA) is 121 Å². The Morgan fingerprint density at radius 1 is 1.15 bits per heavy atom. The molecule has 4 aromatic rings. The van der Waals surface area contributed by atoms with Crippen LogP contribution < -0.4 is 15.8 Å². The van der Waals surface area contributed by atoms with E-state index in [9.17, 15) is 4.79 Å². The van der Waals surface area contributed by atoms with Crippen molar-refractivity contribution in [2.75, 3.05) is 17.7 Å². The van der Waals surface area contributed by atoms with Gasteiger partial charge in [0.2, 0.25) is 5.89 Å². The summed E-state index contributed by atoms with van der Waals surface area (Å²) < 4.78 is 12.7. The van der Waals surface area contributed by atoms with Gasteiger partial charge in [-0.3, -0.25) is 4.79 Å². The summed E-state index contributed by atoms with van der Waals surface area (Å²) >= 11 is 0. The van der Waals surface area contributed by atoms with E-state index in [1.807, 2.05) is 70.2 Å². The van der Waals surface area contributed by atoms with Crippen LogP contribution in [0, 0.1) is 20.8 Å². The van der Waals surface area contributed by atoms with Gasteiger partial charge in [0.05, 0.1) is 13.2 Å². The van der Waals surface area contributed by atoms with Gasteiger partial charge in [0.15, 0.2) is 11.5 Å². The zero-order valence-corrected chi connectivity index (χ0v) is 19.0. The Kier molecular flexibility index (Phi) is 6.12. The van der Waals surface area contributed by atoms with Gasteiger partial charge in [-0.2, -0.15) is 0 Å². The molecule has 2 aromatic carbocycles. The maximum atomic E-state index is 12.7. The molecule has 0 fully saturated rings. The standard InChI is InChI=1S/C24H26N6O3/c1-5-32-18-9-7-17(8-10-18)24-27-20(16(4)33-24)13-30-22(25)21(28-29-30)23(31)26-19-11-6-14(2)12-15(19)3/h6-12H,5,13,25H2,1-4H3,(H,26,31). The predicted octanol–water partition coefficient (Wildman–Crippen LogP) is 4.14. The lowest BCUT2D eigenvalue weighted by Crippen LogP contribution is -2.16. The first-order valence-electron chi connectivity index (χ1n) is 10.6. The summed E-state index contributed by atoms with van der Waals surface area (Å²) in [5.74, 6) is 1.64. The molecule has 0 saturated heterocycles. The number of aryl methyl sites for hydroxylation is 3. The number of anilines is 2. The number of nitrogens with two attached hydrogens (primary N) is 1. The summed E-state index contributed by atoms with van der Waals surface area (Å²) in [5, 5.41) is 10.9. The Balaban J connectivity index is 1.50. The summed E-state index contributed by atoms with van der Waals surface area (Å²) in [6.45, 7) is 8.51. The quantitative estimate of drug-likeness (QED) is 0.437. The van der Waals surface area contributed by atoms with Crippen molar-refractivity contribution in [1.82, 2.24) is 20.0 Å². The second-order valence-corrected chi connectivity index (χ2v) is 7.73. The van der Waals surface area contributed by atoms with Gasteiger partial charge < -0.3 is 20.2 Å². The van der Waals surface area contributed by atoms with E-state index in [0.717, 1.165) is 22.4 Å². The maximum absolute atomic E-state index is 12.7. The number of hydrogen-bond donors (Lipinski definition) is 2. The van der Waals surface area contributed by atoms with E-state index in [-0.39, 0.29) is 18.1 Å². The first-order valence-corrected chi connectivity index (χ1v) is 10.6. The average molecular weight is 447 g/mol. The van der Waals surface area contributed by atoms with E-state index in [4.69, 9.17) is 14.9 Å². The van der Waals surface area contributed by atoms with Crippen LogP contribution in [0.4, 0.5) is 11.5 Å². The summed E-state index contributed by atoms with van der Waals surface area (Å²) in [6.07, 6.45) is 0. The van der Waals surface area contributed by atoms with Crippen molar-refractivity contribution in [1.29, 1.82) is 0 Å². The number of aromatic nitrogens is 4. The Bertz CT molecular complexity index is 1290. The van der Waals surface area contributed by atoms with Crippen molar-refractivity contribution in [2.24, 2.45) is 0 Å². The molecule has 0 aliphatic carbocycles. The van der Waals surface area contributed by atoms with Gasteiger partial charge in [-0.05, 0) is 63.6 Å². The van der Waals surface area contributed by atoms with E-state index >= 15 is 0 Å². The number of amides is 1. The van der Waals surface area contributed by atoms with E-state index < -0.39 is 5.91 Å². The van der Waals surface area contributed by atoms with Crippen LogP contribution in [0.1, 0.15) is 40.0 Å². The Hall–Kier alpha value is -4.14. The normalized spacial score (nSPS) is 10.9. The molecule has 2 heterocycles. The summed E-state index contributed by atoms with van der Waals surface area (Å²) in [6, 6.07) is 13.3. The van der Waals surface area contributed by atoms with Crippen LogP contribution in [0.2, 0.25) is 0 Å². The minimum absolute atomic E-state index is 0.0582. The van der Waals surface area contributed by atoms with Crippen LogP contribution >= 0.6 is 0 Å². The van der Waals surface area contributed by atoms with Gasteiger partial charge in [0.25, 0.3) is 5.91 Å². The molecule has 0 saturated carbocycles. The third kappa shape index (κ3) is 4.72. The number of hydrogen-bond acceptors (Lipinski definition) is 7. The lowest BCUT2D eigenvalue weighted by molar-refractivity contribution is 0.102. The SMILES string of the molecule is CCOc1ccc(-c2nc(Cn3nnc(C(=O)Nc4ccc(C)cc4C)c3N)c(C)o2)cc1. The maximum Gasteiger partial charge on any atom is 0.280 e. The number of oxazole rings is 1. The summed E-state index contributed by atoms with van der Waals surface area (Å²) in [5.41, 5.74) is 10.5. The van der Waals surface area contributed by atoms with Gasteiger partial charge in [0, 0.05) is 11.3 Å². The zero-order chi connectivity index (χ0) is 23.5. The summed E-state index contributed by atoms with van der Waals surface area (Å²) in [7, 11) is 0. The number of nitrogens with zero attached hydrogens (tertiary/aromatic N) is 4. The van der Waals surface area contributed by atoms with Gasteiger partial charge in [-0.1, -0.05) is 22.9 Å². The zero-order valence-electron chi connectivity index (χ0n) is 19.0. The van der Waals surface area contributed by atoms with Crippen molar-refractivity contribution < 1.29 is 13.9 Å². The fourth-order valence-corrected chi connectivity index (χ4v) is 3.43. The Morgan fingerprint density at radius 2 is 1.91 bits per heavy atom. The molecule has 9 nitrogen and oxygen atoms in total. The van der Waals surface area contributed by atoms with Crippen LogP contribution in [0.15, 0.2) is 46.9 Å². The lowest BCUT2D eigenvalue weighted by Gasteiger charge is -2.08. The molecule has 3 N–H and O–H groups in total. The van der Waals surface area contributed by atoms with E-state index in [1.54, 1.807) is 0 Å². The third-order valence-corrected chi connectivity index (χ3v) is 5.22. The number of ether oxygens (including phenoxy) is 1. The van der Waals surface area contributed by atoms with E-state index in [0.29, 0.717) is 29.6 Å². The number of rotatable bonds is 7. The highest BCUT2D eigenvalue weighted by Gasteiger charge is 2.20. The fourth-order valence-electron chi connectivity index (χ4n) is 3.43. The molecule has 1 amide bonds. The number of benzene rings is 2. The fraction of sp³-hybridized carbons (Fsp3) is 0.250. The van der Waals surface area contributed by atoms with Crippen molar-refractivity contribution in [3.8, 4) is 17.2 Å². The lowest BCUT2D eigenvalue weighted by atomic mass is 10.1. The molecule has 2 aromatic heterocycles. The van der Waals surface area contributed by atoms with Crippen LogP contribution in [-0.4, -0.2) is 32.5 Å². The highest BCUT2D eigenvalue weighted by atomic mass is 16.5. The number of nitrogen functional groups attached to an aromatic ring is 1. The molecule has 33 heavy (non-hydrogen) atoms. The smallest absolute Gasteiger partial charge is 0.280 e. The molecule has 0 bridgehead atoms. The molecule has 0 radical (unpaired) electrons. The average Bonchev–Trinajstić information content (AvgIpc) is 3.34. The number of nitrogens with one attached hydrogen (secondary N) is 1. The molecular formula is C24H26N6O3. The molecule has 0 spiro atoms. The van der Waals surface area contributed by atoms with Crippen molar-refractivity contribution in [3.05, 3.63) is 70.7 Å². The number of carbonyl (C=O) groups excluding carboxylic acids is 1. The molecular weight excluding hydrogens is 420 g/mol. The van der Waals surface area contributed by atoms with Crippen LogP contribution in [0.25, 0.3) is 11.5 Å². The molecule has 0 aliphatic heterocycles. The highest BCUT2D eigenvalue weighted by molar-refractivity contribution is 6.06. The van der Waals surface area contributed by atoms with Gasteiger partial charge in [0.1, 0.15) is 17.2 Å². The molecule has 0 aliphatic rings. The number of carbonyl (C=O) groups is 1. The van der Waals surface area contributed by atoms with Gasteiger partial charge in [-0.15, -0.1) is 5.10 Å². The van der Waals surface area contributed by atoms with E-state index in [2.05, 4.69) is 20.6 Å². The minimum Gasteiger partial charge on any atom is -0.494 e. The van der Waals surface area contributed by atoms with Gasteiger partial charge >= 0.3 is 0 Å². The Morgan fingerprint density at radius 3 is 2.61 bits per heavy atom. The predicted molar refractivity (Wildman–Crippen MR) is 125 cm³/mol. The Labute approximate surface area is 191 Å². The van der Waals surface area contributed by atoms with Crippen molar-refractivity contribution in [3.63, 3.8) is 0 Å². The van der Waals surface area contributed by atoms with Crippen molar-refractivity contribution >= 4 is 17.4 Å². The molecule has 9 heteroatoms. The third-order valence-electron chi connectivity index (χ3n) is 5.22. The molecule has 0 unspecified atom stereocenters. The van der Waals surface area contributed by atoms with Crippen LogP contribution in [-0.2, 0) is 6.54 Å². The monoisotopic (exact) mass is 446 g/mol. The first kappa shape index (κ1) is 22.1. The van der Waals surface area contributed by atoms with Crippen molar-refractivity contribution in [2.45, 2.75) is 34.2 Å². The van der Waals surface area contributed by atoms with E-state index in [1.165, 1.54) is 4.68 Å². The molecule has 0 atom stereocenters.